The van der Waals surface area contributed by atoms with Gasteiger partial charge in [0.2, 0.25) is 0 Å². The van der Waals surface area contributed by atoms with E-state index < -0.39 is 27.8 Å². The highest BCUT2D eigenvalue weighted by Gasteiger charge is 2.33. The lowest BCUT2D eigenvalue weighted by Gasteiger charge is -2.38. The van der Waals surface area contributed by atoms with Crippen LogP contribution in [0.25, 0.3) is 0 Å². The van der Waals surface area contributed by atoms with Crippen LogP contribution in [0.4, 0.5) is 14.5 Å². The number of piperazine rings is 1. The number of carbonyl (C=O) groups is 1. The van der Waals surface area contributed by atoms with Crippen LogP contribution >= 0.6 is 0 Å². The second kappa shape index (κ2) is 10.6. The first kappa shape index (κ1) is 25.1. The number of esters is 1. The number of anilines is 1. The molecule has 33 heavy (non-hydrogen) atoms. The zero-order valence-corrected chi connectivity index (χ0v) is 19.8. The van der Waals surface area contributed by atoms with Crippen molar-refractivity contribution in [3.63, 3.8) is 0 Å². The largest absolute Gasteiger partial charge is 0.465 e. The van der Waals surface area contributed by atoms with Gasteiger partial charge in [0, 0.05) is 38.3 Å². The van der Waals surface area contributed by atoms with Gasteiger partial charge < -0.3 is 9.64 Å². The molecule has 0 spiro atoms. The van der Waals surface area contributed by atoms with E-state index in [1.165, 1.54) is 41.7 Å². The van der Waals surface area contributed by atoms with Crippen molar-refractivity contribution in [3.8, 4) is 0 Å². The minimum absolute atomic E-state index is 0.0141. The molecule has 1 aliphatic heterocycles. The minimum Gasteiger partial charge on any atom is -0.465 e. The summed E-state index contributed by atoms with van der Waals surface area (Å²) in [6.45, 7) is 6.45. The lowest BCUT2D eigenvalue weighted by molar-refractivity contribution is 0.0600. The third kappa shape index (κ3) is 6.07. The van der Waals surface area contributed by atoms with E-state index in [1.807, 2.05) is 0 Å². The molecule has 1 aliphatic rings. The number of halogens is 2. The van der Waals surface area contributed by atoms with Gasteiger partial charge in [0.05, 0.1) is 24.9 Å². The molecule has 0 unspecified atom stereocenters. The van der Waals surface area contributed by atoms with Crippen molar-refractivity contribution in [2.24, 2.45) is 5.92 Å². The standard InChI is InChI=1S/C23H29F2N3O4S/c1-17(2)15-26-9-11-27(12-10-26)33(30,31)28(21-6-4-5-20(24)14-21)16-19-8-7-18(13-22(19)25)23(29)32-3/h4-8,13-14,17H,9-12,15-16H2,1-3H3. The molecule has 0 N–H and O–H groups in total. The Morgan fingerprint density at radius 1 is 1.09 bits per heavy atom. The van der Waals surface area contributed by atoms with E-state index in [1.54, 1.807) is 0 Å². The van der Waals surface area contributed by atoms with Crippen LogP contribution in [0, 0.1) is 17.6 Å². The molecule has 0 bridgehead atoms. The summed E-state index contributed by atoms with van der Waals surface area (Å²) >= 11 is 0. The second-order valence-electron chi connectivity index (χ2n) is 8.39. The SMILES string of the molecule is COC(=O)c1ccc(CN(c2cccc(F)c2)S(=O)(=O)N2CCN(CC(C)C)CC2)c(F)c1. The lowest BCUT2D eigenvalue weighted by atomic mass is 10.1. The maximum absolute atomic E-state index is 14.8. The highest BCUT2D eigenvalue weighted by molar-refractivity contribution is 7.90. The van der Waals surface area contributed by atoms with Crippen LogP contribution in [0.5, 0.6) is 0 Å². The maximum atomic E-state index is 14.8. The van der Waals surface area contributed by atoms with E-state index in [9.17, 15) is 22.0 Å². The number of nitrogens with zero attached hydrogens (tertiary/aromatic N) is 3. The number of hydrogen-bond acceptors (Lipinski definition) is 5. The summed E-state index contributed by atoms with van der Waals surface area (Å²) < 4.78 is 62.8. The van der Waals surface area contributed by atoms with Crippen molar-refractivity contribution < 1.29 is 26.7 Å². The van der Waals surface area contributed by atoms with Crippen LogP contribution in [0.15, 0.2) is 42.5 Å². The van der Waals surface area contributed by atoms with E-state index >= 15 is 0 Å². The Hall–Kier alpha value is -2.56. The Morgan fingerprint density at radius 3 is 2.36 bits per heavy atom. The topological polar surface area (TPSA) is 70.2 Å². The fraction of sp³-hybridized carbons (Fsp3) is 0.435. The highest BCUT2D eigenvalue weighted by atomic mass is 32.2. The third-order valence-corrected chi connectivity index (χ3v) is 7.36. The monoisotopic (exact) mass is 481 g/mol. The molecule has 0 radical (unpaired) electrons. The molecule has 1 saturated heterocycles. The zero-order valence-electron chi connectivity index (χ0n) is 19.0. The van der Waals surface area contributed by atoms with E-state index in [-0.39, 0.29) is 36.4 Å². The molecule has 0 saturated carbocycles. The number of ether oxygens (including phenoxy) is 1. The summed E-state index contributed by atoms with van der Waals surface area (Å²) in [5, 5.41) is 0. The first-order valence-corrected chi connectivity index (χ1v) is 12.1. The summed E-state index contributed by atoms with van der Waals surface area (Å²) in [5.74, 6) is -1.59. The van der Waals surface area contributed by atoms with Crippen LogP contribution in [0.3, 0.4) is 0 Å². The Morgan fingerprint density at radius 2 is 1.79 bits per heavy atom. The Balaban J connectivity index is 1.90. The fourth-order valence-corrected chi connectivity index (χ4v) is 5.40. The van der Waals surface area contributed by atoms with Crippen LogP contribution in [0.1, 0.15) is 29.8 Å². The minimum atomic E-state index is -4.08. The molecule has 7 nitrogen and oxygen atoms in total. The summed E-state index contributed by atoms with van der Waals surface area (Å²) in [7, 11) is -2.89. The van der Waals surface area contributed by atoms with Gasteiger partial charge >= 0.3 is 16.2 Å². The van der Waals surface area contributed by atoms with E-state index in [0.717, 1.165) is 23.0 Å². The normalized spacial score (nSPS) is 15.6. The summed E-state index contributed by atoms with van der Waals surface area (Å²) in [6, 6.07) is 8.90. The lowest BCUT2D eigenvalue weighted by Crippen LogP contribution is -2.53. The van der Waals surface area contributed by atoms with Crippen LogP contribution in [-0.2, 0) is 21.5 Å². The maximum Gasteiger partial charge on any atom is 0.337 e. The molecule has 0 aliphatic carbocycles. The summed E-state index contributed by atoms with van der Waals surface area (Å²) in [6.07, 6.45) is 0. The van der Waals surface area contributed by atoms with Gasteiger partial charge in [0.1, 0.15) is 11.6 Å². The number of benzene rings is 2. The Kier molecular flexibility index (Phi) is 8.04. The van der Waals surface area contributed by atoms with Gasteiger partial charge in [-0.15, -0.1) is 0 Å². The van der Waals surface area contributed by atoms with Crippen molar-refractivity contribution in [2.75, 3.05) is 44.1 Å². The van der Waals surface area contributed by atoms with Crippen molar-refractivity contribution in [1.29, 1.82) is 0 Å². The molecular weight excluding hydrogens is 452 g/mol. The van der Waals surface area contributed by atoms with Crippen molar-refractivity contribution in [2.45, 2.75) is 20.4 Å². The van der Waals surface area contributed by atoms with Gasteiger partial charge in [-0.3, -0.25) is 4.31 Å². The molecule has 2 aromatic rings. The molecule has 1 fully saturated rings. The van der Waals surface area contributed by atoms with Crippen LogP contribution in [-0.4, -0.2) is 63.4 Å². The van der Waals surface area contributed by atoms with E-state index in [2.05, 4.69) is 23.5 Å². The predicted molar refractivity (Wildman–Crippen MR) is 122 cm³/mol. The van der Waals surface area contributed by atoms with E-state index in [0.29, 0.717) is 19.0 Å². The number of hydrogen-bond donors (Lipinski definition) is 0. The fourth-order valence-electron chi connectivity index (χ4n) is 3.81. The molecule has 0 aromatic heterocycles. The molecule has 0 amide bonds. The van der Waals surface area contributed by atoms with Gasteiger partial charge in [-0.1, -0.05) is 26.0 Å². The van der Waals surface area contributed by atoms with Gasteiger partial charge in [-0.25, -0.2) is 13.6 Å². The Bertz CT molecular complexity index is 1090. The first-order valence-electron chi connectivity index (χ1n) is 10.7. The number of methoxy groups -OCH3 is 1. The molecule has 3 rings (SSSR count). The zero-order chi connectivity index (χ0) is 24.2. The van der Waals surface area contributed by atoms with Crippen molar-refractivity contribution >= 4 is 21.9 Å². The number of carbonyl (C=O) groups excluding carboxylic acids is 1. The van der Waals surface area contributed by atoms with Crippen LogP contribution < -0.4 is 4.31 Å². The van der Waals surface area contributed by atoms with Gasteiger partial charge in [-0.05, 0) is 36.2 Å². The predicted octanol–water partition coefficient (Wildman–Crippen LogP) is 3.28. The van der Waals surface area contributed by atoms with Gasteiger partial charge in [0.15, 0.2) is 0 Å². The van der Waals surface area contributed by atoms with Crippen molar-refractivity contribution in [3.05, 3.63) is 65.2 Å². The molecule has 0 atom stereocenters. The van der Waals surface area contributed by atoms with E-state index in [4.69, 9.17) is 0 Å². The number of rotatable bonds is 8. The third-order valence-electron chi connectivity index (χ3n) is 5.44. The molecule has 180 valence electrons. The summed E-state index contributed by atoms with van der Waals surface area (Å²) in [4.78, 5) is 13.9. The highest BCUT2D eigenvalue weighted by Crippen LogP contribution is 2.26. The van der Waals surface area contributed by atoms with Crippen molar-refractivity contribution in [1.82, 2.24) is 9.21 Å². The molecular formula is C23H29F2N3O4S. The smallest absolute Gasteiger partial charge is 0.337 e. The second-order valence-corrected chi connectivity index (χ2v) is 10.2. The van der Waals surface area contributed by atoms with Gasteiger partial charge in [0.25, 0.3) is 0 Å². The molecule has 2 aromatic carbocycles. The van der Waals surface area contributed by atoms with Crippen LogP contribution in [0.2, 0.25) is 0 Å². The summed E-state index contributed by atoms with van der Waals surface area (Å²) in [5.41, 5.74) is 0.158. The average Bonchev–Trinajstić information content (AvgIpc) is 2.77. The Labute approximate surface area is 193 Å². The molecule has 10 heteroatoms. The quantitative estimate of drug-likeness (QED) is 0.542. The molecule has 1 heterocycles. The average molecular weight is 482 g/mol. The first-order chi connectivity index (χ1) is 15.6. The van der Waals surface area contributed by atoms with Gasteiger partial charge in [-0.2, -0.15) is 12.7 Å².